The molecule has 3 aromatic carbocycles. The average molecular weight is 671 g/mol. The molecule has 250 valence electrons. The second kappa shape index (κ2) is 15.2. The number of alkyl carbamates (subject to hydrolysis) is 1. The van der Waals surface area contributed by atoms with Crippen LogP contribution in [-0.4, -0.2) is 55.4 Å². The van der Waals surface area contributed by atoms with E-state index in [4.69, 9.17) is 14.2 Å². The molecule has 0 radical (unpaired) electrons. The lowest BCUT2D eigenvalue weighted by molar-refractivity contribution is -0.268. The third-order valence-corrected chi connectivity index (χ3v) is 9.77. The SMILES string of the molecule is C[C@@H]1[C@H](CSc2nccn2C)O[C@H](c2ccc(CN3C(=O)CC(NC(=O)OCc4ccccc4)C3=O)cc2)O[C@@H]1c1ccc(CO)cc1. The van der Waals surface area contributed by atoms with Crippen LogP contribution in [0, 0.1) is 5.92 Å². The summed E-state index contributed by atoms with van der Waals surface area (Å²) in [6.07, 6.45) is 1.73. The van der Waals surface area contributed by atoms with Gasteiger partial charge in [0.05, 0.1) is 31.8 Å². The van der Waals surface area contributed by atoms with Crippen molar-refractivity contribution in [2.45, 2.75) is 62.8 Å². The minimum atomic E-state index is -0.977. The Hall–Kier alpha value is -4.49. The maximum atomic E-state index is 13.1. The Morgan fingerprint density at radius 2 is 1.69 bits per heavy atom. The number of carbonyl (C=O) groups excluding carboxylic acids is 3. The van der Waals surface area contributed by atoms with E-state index in [0.29, 0.717) is 5.75 Å². The number of aryl methyl sites for hydroxylation is 1. The number of nitrogens with one attached hydrogen (secondary N) is 1. The third kappa shape index (κ3) is 7.79. The highest BCUT2D eigenvalue weighted by Crippen LogP contribution is 2.43. The number of thioether (sulfide) groups is 1. The predicted octanol–water partition coefficient (Wildman–Crippen LogP) is 5.05. The molecule has 0 aliphatic carbocycles. The minimum Gasteiger partial charge on any atom is -0.445 e. The zero-order valence-electron chi connectivity index (χ0n) is 26.7. The van der Waals surface area contributed by atoms with E-state index in [2.05, 4.69) is 17.2 Å². The molecule has 2 N–H and O–H groups in total. The molecule has 0 spiro atoms. The summed E-state index contributed by atoms with van der Waals surface area (Å²) in [5.41, 5.74) is 4.18. The van der Waals surface area contributed by atoms with E-state index >= 15 is 0 Å². The van der Waals surface area contributed by atoms with Crippen molar-refractivity contribution in [1.29, 1.82) is 0 Å². The van der Waals surface area contributed by atoms with Crippen LogP contribution in [0.5, 0.6) is 0 Å². The molecule has 4 aromatic rings. The van der Waals surface area contributed by atoms with Gasteiger partial charge in [0.1, 0.15) is 12.6 Å². The van der Waals surface area contributed by atoms with Crippen molar-refractivity contribution >= 4 is 29.7 Å². The van der Waals surface area contributed by atoms with E-state index in [9.17, 15) is 19.5 Å². The summed E-state index contributed by atoms with van der Waals surface area (Å²) in [5.74, 6) is -0.147. The zero-order valence-corrected chi connectivity index (χ0v) is 27.5. The Bertz CT molecular complexity index is 1710. The summed E-state index contributed by atoms with van der Waals surface area (Å²) in [5, 5.41) is 13.0. The lowest BCUT2D eigenvalue weighted by Gasteiger charge is -2.41. The Labute approximate surface area is 283 Å². The number of aliphatic hydroxyl groups is 1. The summed E-state index contributed by atoms with van der Waals surface area (Å²) in [6, 6.07) is 23.4. The van der Waals surface area contributed by atoms with Gasteiger partial charge in [0.2, 0.25) is 5.91 Å². The van der Waals surface area contributed by atoms with Gasteiger partial charge in [0, 0.05) is 36.7 Å². The highest BCUT2D eigenvalue weighted by atomic mass is 32.2. The Kier molecular flexibility index (Phi) is 10.6. The number of benzene rings is 3. The van der Waals surface area contributed by atoms with Crippen LogP contribution in [0.15, 0.2) is 96.4 Å². The first-order chi connectivity index (χ1) is 23.3. The van der Waals surface area contributed by atoms with Crippen LogP contribution in [0.2, 0.25) is 0 Å². The minimum absolute atomic E-state index is 0.0256. The number of nitrogens with zero attached hydrogens (tertiary/aromatic N) is 3. The summed E-state index contributed by atoms with van der Waals surface area (Å²) in [7, 11) is 1.96. The largest absolute Gasteiger partial charge is 0.445 e. The smallest absolute Gasteiger partial charge is 0.408 e. The van der Waals surface area contributed by atoms with Gasteiger partial charge in [-0.15, -0.1) is 0 Å². The van der Waals surface area contributed by atoms with Crippen molar-refractivity contribution < 1.29 is 33.7 Å². The third-order valence-electron chi connectivity index (χ3n) is 8.62. The average Bonchev–Trinajstić information content (AvgIpc) is 3.64. The normalized spacial score (nSPS) is 22.6. The molecule has 3 amide bonds. The first kappa shape index (κ1) is 33.4. The van der Waals surface area contributed by atoms with E-state index in [0.717, 1.165) is 37.9 Å². The van der Waals surface area contributed by atoms with Gasteiger partial charge < -0.3 is 29.2 Å². The number of aromatic nitrogens is 2. The molecule has 48 heavy (non-hydrogen) atoms. The van der Waals surface area contributed by atoms with Crippen LogP contribution in [0.4, 0.5) is 4.79 Å². The van der Waals surface area contributed by atoms with Crippen LogP contribution in [0.1, 0.15) is 53.6 Å². The van der Waals surface area contributed by atoms with Crippen molar-refractivity contribution in [3.05, 3.63) is 119 Å². The lowest BCUT2D eigenvalue weighted by Crippen LogP contribution is -2.41. The van der Waals surface area contributed by atoms with E-state index in [1.165, 1.54) is 0 Å². The van der Waals surface area contributed by atoms with Crippen LogP contribution < -0.4 is 5.32 Å². The molecule has 0 saturated carbocycles. The molecule has 3 heterocycles. The highest BCUT2D eigenvalue weighted by Gasteiger charge is 2.40. The molecule has 1 unspecified atom stereocenters. The van der Waals surface area contributed by atoms with Gasteiger partial charge in [0.25, 0.3) is 5.91 Å². The number of hydrogen-bond donors (Lipinski definition) is 2. The number of hydrogen-bond acceptors (Lipinski definition) is 9. The Balaban J connectivity index is 1.10. The highest BCUT2D eigenvalue weighted by molar-refractivity contribution is 7.99. The number of aliphatic hydroxyl groups excluding tert-OH is 1. The molecule has 11 nitrogen and oxygen atoms in total. The number of imide groups is 1. The molecule has 12 heteroatoms. The molecule has 2 aliphatic rings. The summed E-state index contributed by atoms with van der Waals surface area (Å²) in [6.45, 7) is 2.21. The quantitative estimate of drug-likeness (QED) is 0.166. The molecular weight excluding hydrogens is 632 g/mol. The monoisotopic (exact) mass is 670 g/mol. The van der Waals surface area contributed by atoms with Crippen molar-refractivity contribution in [1.82, 2.24) is 19.8 Å². The molecule has 2 saturated heterocycles. The summed E-state index contributed by atoms with van der Waals surface area (Å²) < 4.78 is 20.3. The van der Waals surface area contributed by atoms with Gasteiger partial charge >= 0.3 is 6.09 Å². The fourth-order valence-corrected chi connectivity index (χ4v) is 6.88. The number of ether oxygens (including phenoxy) is 3. The fraction of sp³-hybridized carbons (Fsp3) is 0.333. The Morgan fingerprint density at radius 3 is 2.38 bits per heavy atom. The van der Waals surface area contributed by atoms with E-state index in [-0.39, 0.29) is 50.2 Å². The first-order valence-corrected chi connectivity index (χ1v) is 16.8. The van der Waals surface area contributed by atoms with Crippen molar-refractivity contribution in [2.24, 2.45) is 13.0 Å². The van der Waals surface area contributed by atoms with E-state index in [1.54, 1.807) is 18.0 Å². The first-order valence-electron chi connectivity index (χ1n) is 15.8. The van der Waals surface area contributed by atoms with Crippen LogP contribution >= 0.6 is 11.8 Å². The molecule has 2 aliphatic heterocycles. The Morgan fingerprint density at radius 1 is 0.979 bits per heavy atom. The maximum absolute atomic E-state index is 13.1. The molecule has 5 atom stereocenters. The maximum Gasteiger partial charge on any atom is 0.408 e. The van der Waals surface area contributed by atoms with Crippen molar-refractivity contribution in [2.75, 3.05) is 5.75 Å². The number of carbonyl (C=O) groups is 3. The van der Waals surface area contributed by atoms with Gasteiger partial charge in [-0.3, -0.25) is 14.5 Å². The number of amides is 3. The molecule has 2 fully saturated rings. The lowest BCUT2D eigenvalue weighted by atomic mass is 9.91. The van der Waals surface area contributed by atoms with Gasteiger partial charge in [-0.1, -0.05) is 97.5 Å². The van der Waals surface area contributed by atoms with Crippen molar-refractivity contribution in [3.63, 3.8) is 0 Å². The topological polar surface area (TPSA) is 132 Å². The van der Waals surface area contributed by atoms with E-state index < -0.39 is 24.3 Å². The molecule has 1 aromatic heterocycles. The number of rotatable bonds is 11. The summed E-state index contributed by atoms with van der Waals surface area (Å²) >= 11 is 1.63. The van der Waals surface area contributed by atoms with E-state index in [1.807, 2.05) is 96.7 Å². The zero-order chi connectivity index (χ0) is 33.6. The second-order valence-corrected chi connectivity index (χ2v) is 13.0. The number of imidazole rings is 1. The van der Waals surface area contributed by atoms with Gasteiger partial charge in [-0.2, -0.15) is 0 Å². The van der Waals surface area contributed by atoms with Gasteiger partial charge in [0.15, 0.2) is 11.4 Å². The predicted molar refractivity (Wildman–Crippen MR) is 177 cm³/mol. The standard InChI is InChI=1S/C36H38N4O7S/c1-23-30(22-48-35-37-16-17-39(35)2)46-34(47-32(23)27-12-10-25(20-41)11-13-27)28-14-8-24(9-15-28)19-40-31(42)18-29(33(40)43)38-36(44)45-21-26-6-4-3-5-7-26/h3-17,23,29-30,32,34,41H,18-22H2,1-2H3,(H,38,44)/t23-,29?,30+,32+,34+/m1/s1. The van der Waals surface area contributed by atoms with Crippen LogP contribution in [-0.2, 0) is 50.6 Å². The number of likely N-dealkylation sites (tertiary alicyclic amines) is 1. The molecule has 0 bridgehead atoms. The van der Waals surface area contributed by atoms with Gasteiger partial charge in [-0.05, 0) is 22.3 Å². The van der Waals surface area contributed by atoms with Crippen LogP contribution in [0.25, 0.3) is 0 Å². The van der Waals surface area contributed by atoms with Gasteiger partial charge in [-0.25, -0.2) is 9.78 Å². The molecular formula is C36H38N4O7S. The second-order valence-electron chi connectivity index (χ2n) is 12.0. The molecule has 6 rings (SSSR count). The van der Waals surface area contributed by atoms with Crippen LogP contribution in [0.3, 0.4) is 0 Å². The summed E-state index contributed by atoms with van der Waals surface area (Å²) in [4.78, 5) is 43.8. The fourth-order valence-electron chi connectivity index (χ4n) is 5.79. The van der Waals surface area contributed by atoms with Crippen molar-refractivity contribution in [3.8, 4) is 0 Å².